The molecule has 20 heavy (non-hydrogen) atoms. The maximum Gasteiger partial charge on any atom is 0.220 e. The van der Waals surface area contributed by atoms with Crippen molar-refractivity contribution in [3.05, 3.63) is 29.8 Å². The number of benzene rings is 1. The molecule has 1 aliphatic heterocycles. The predicted octanol–water partition coefficient (Wildman–Crippen LogP) is 1.52. The van der Waals surface area contributed by atoms with Crippen molar-refractivity contribution in [1.29, 1.82) is 5.26 Å². The second-order valence-electron chi connectivity index (χ2n) is 4.95. The van der Waals surface area contributed by atoms with Crippen molar-refractivity contribution >= 4 is 5.91 Å². The van der Waals surface area contributed by atoms with Crippen LogP contribution in [0.1, 0.15) is 31.4 Å². The van der Waals surface area contributed by atoms with Crippen LogP contribution in [0.2, 0.25) is 0 Å². The Morgan fingerprint density at radius 3 is 2.85 bits per heavy atom. The van der Waals surface area contributed by atoms with Crippen LogP contribution in [0.3, 0.4) is 0 Å². The van der Waals surface area contributed by atoms with Crippen LogP contribution in [0.15, 0.2) is 24.3 Å². The van der Waals surface area contributed by atoms with Gasteiger partial charge in [0.15, 0.2) is 6.61 Å². The lowest BCUT2D eigenvalue weighted by Crippen LogP contribution is -2.36. The van der Waals surface area contributed by atoms with Crippen molar-refractivity contribution in [2.75, 3.05) is 13.2 Å². The summed E-state index contributed by atoms with van der Waals surface area (Å²) in [6.45, 7) is 2.93. The summed E-state index contributed by atoms with van der Waals surface area (Å²) in [5.41, 5.74) is 1.15. The topological polar surface area (TPSA) is 74.2 Å². The Labute approximate surface area is 118 Å². The zero-order valence-corrected chi connectivity index (χ0v) is 11.6. The summed E-state index contributed by atoms with van der Waals surface area (Å²) in [7, 11) is 0. The van der Waals surface area contributed by atoms with Gasteiger partial charge in [0, 0.05) is 25.0 Å². The van der Waals surface area contributed by atoms with Gasteiger partial charge < -0.3 is 15.4 Å². The predicted molar refractivity (Wildman–Crippen MR) is 75.1 cm³/mol. The fourth-order valence-corrected chi connectivity index (χ4v) is 2.24. The molecule has 1 aliphatic rings. The minimum absolute atomic E-state index is 0.0640. The van der Waals surface area contributed by atoms with Crippen molar-refractivity contribution in [3.8, 4) is 11.8 Å². The molecule has 2 atom stereocenters. The molecule has 0 bridgehead atoms. The number of hydrogen-bond acceptors (Lipinski definition) is 4. The standard InChI is InChI=1S/C15H19N3O2/c1-11(17-10-13-4-7-15(19)18-13)12-2-5-14(6-3-12)20-9-8-16/h2-3,5-6,11,13,17H,4,7,9-10H2,1H3,(H,18,19). The lowest BCUT2D eigenvalue weighted by molar-refractivity contribution is -0.119. The number of carbonyl (C=O) groups is 1. The molecule has 1 saturated heterocycles. The summed E-state index contributed by atoms with van der Waals surface area (Å²) in [6.07, 6.45) is 1.53. The van der Waals surface area contributed by atoms with Gasteiger partial charge in [-0.25, -0.2) is 0 Å². The molecular formula is C15H19N3O2. The lowest BCUT2D eigenvalue weighted by Gasteiger charge is -2.18. The fraction of sp³-hybridized carbons (Fsp3) is 0.467. The zero-order valence-electron chi connectivity index (χ0n) is 11.6. The number of hydrogen-bond donors (Lipinski definition) is 2. The van der Waals surface area contributed by atoms with E-state index in [-0.39, 0.29) is 24.6 Å². The summed E-state index contributed by atoms with van der Waals surface area (Å²) >= 11 is 0. The van der Waals surface area contributed by atoms with E-state index < -0.39 is 0 Å². The average Bonchev–Trinajstić information content (AvgIpc) is 2.89. The fourth-order valence-electron chi connectivity index (χ4n) is 2.24. The van der Waals surface area contributed by atoms with E-state index >= 15 is 0 Å². The molecule has 1 heterocycles. The molecule has 0 saturated carbocycles. The third kappa shape index (κ3) is 3.97. The number of rotatable bonds is 6. The first-order valence-electron chi connectivity index (χ1n) is 6.81. The highest BCUT2D eigenvalue weighted by molar-refractivity contribution is 5.78. The van der Waals surface area contributed by atoms with Crippen LogP contribution in [0.5, 0.6) is 5.75 Å². The van der Waals surface area contributed by atoms with Crippen LogP contribution in [-0.2, 0) is 4.79 Å². The normalized spacial score (nSPS) is 19.2. The van der Waals surface area contributed by atoms with Crippen LogP contribution in [-0.4, -0.2) is 25.1 Å². The highest BCUT2D eigenvalue weighted by Gasteiger charge is 2.20. The highest BCUT2D eigenvalue weighted by atomic mass is 16.5. The van der Waals surface area contributed by atoms with Crippen molar-refractivity contribution in [1.82, 2.24) is 10.6 Å². The van der Waals surface area contributed by atoms with Crippen molar-refractivity contribution < 1.29 is 9.53 Å². The van der Waals surface area contributed by atoms with E-state index in [4.69, 9.17) is 10.00 Å². The van der Waals surface area contributed by atoms with Crippen LogP contribution in [0, 0.1) is 11.3 Å². The van der Waals surface area contributed by atoms with Crippen LogP contribution < -0.4 is 15.4 Å². The van der Waals surface area contributed by atoms with Crippen LogP contribution in [0.4, 0.5) is 0 Å². The Hall–Kier alpha value is -2.06. The summed E-state index contributed by atoms with van der Waals surface area (Å²) in [5, 5.41) is 14.8. The Bertz CT molecular complexity index is 493. The first-order chi connectivity index (χ1) is 9.69. The molecule has 106 valence electrons. The molecule has 1 aromatic carbocycles. The molecule has 1 amide bonds. The Morgan fingerprint density at radius 1 is 1.50 bits per heavy atom. The summed E-state index contributed by atoms with van der Waals surface area (Å²) in [4.78, 5) is 11.1. The van der Waals surface area contributed by atoms with Crippen LogP contribution in [0.25, 0.3) is 0 Å². The van der Waals surface area contributed by atoms with Gasteiger partial charge in [-0.05, 0) is 31.0 Å². The number of nitrogens with zero attached hydrogens (tertiary/aromatic N) is 1. The quantitative estimate of drug-likeness (QED) is 0.824. The molecule has 1 aromatic rings. The number of nitriles is 1. The number of amides is 1. The van der Waals surface area contributed by atoms with E-state index in [0.29, 0.717) is 12.2 Å². The van der Waals surface area contributed by atoms with E-state index in [0.717, 1.165) is 18.5 Å². The third-order valence-corrected chi connectivity index (χ3v) is 3.44. The molecule has 0 radical (unpaired) electrons. The molecule has 0 aromatic heterocycles. The van der Waals surface area contributed by atoms with Gasteiger partial charge in [-0.2, -0.15) is 5.26 Å². The molecule has 2 N–H and O–H groups in total. The zero-order chi connectivity index (χ0) is 14.4. The number of ether oxygens (including phenoxy) is 1. The molecular weight excluding hydrogens is 254 g/mol. The third-order valence-electron chi connectivity index (χ3n) is 3.44. The SMILES string of the molecule is CC(NCC1CCC(=O)N1)c1ccc(OCC#N)cc1. The van der Waals surface area contributed by atoms with Gasteiger partial charge >= 0.3 is 0 Å². The second kappa shape index (κ2) is 6.92. The van der Waals surface area contributed by atoms with E-state index in [2.05, 4.69) is 17.6 Å². The van der Waals surface area contributed by atoms with Gasteiger partial charge in [-0.15, -0.1) is 0 Å². The summed E-state index contributed by atoms with van der Waals surface area (Å²) in [6, 6.07) is 10.1. The van der Waals surface area contributed by atoms with E-state index in [1.807, 2.05) is 30.3 Å². The summed E-state index contributed by atoms with van der Waals surface area (Å²) in [5.74, 6) is 0.842. The lowest BCUT2D eigenvalue weighted by atomic mass is 10.1. The van der Waals surface area contributed by atoms with Gasteiger partial charge in [0.05, 0.1) is 0 Å². The first-order valence-corrected chi connectivity index (χ1v) is 6.81. The maximum absolute atomic E-state index is 11.1. The molecule has 5 nitrogen and oxygen atoms in total. The number of carbonyl (C=O) groups excluding carboxylic acids is 1. The van der Waals surface area contributed by atoms with Gasteiger partial charge in [0.25, 0.3) is 0 Å². The number of nitrogens with one attached hydrogen (secondary N) is 2. The first kappa shape index (κ1) is 14.4. The van der Waals surface area contributed by atoms with Gasteiger partial charge in [-0.3, -0.25) is 4.79 Å². The van der Waals surface area contributed by atoms with Crippen molar-refractivity contribution in [3.63, 3.8) is 0 Å². The monoisotopic (exact) mass is 273 g/mol. The molecule has 2 rings (SSSR count). The highest BCUT2D eigenvalue weighted by Crippen LogP contribution is 2.18. The molecule has 1 fully saturated rings. The second-order valence-corrected chi connectivity index (χ2v) is 4.95. The van der Waals surface area contributed by atoms with Crippen molar-refractivity contribution in [2.24, 2.45) is 0 Å². The Morgan fingerprint density at radius 2 is 2.25 bits per heavy atom. The molecule has 5 heteroatoms. The minimum atomic E-state index is 0.0640. The summed E-state index contributed by atoms with van der Waals surface area (Å²) < 4.78 is 5.21. The van der Waals surface area contributed by atoms with Crippen LogP contribution >= 0.6 is 0 Å². The van der Waals surface area contributed by atoms with Crippen molar-refractivity contribution in [2.45, 2.75) is 31.8 Å². The van der Waals surface area contributed by atoms with Gasteiger partial charge in [-0.1, -0.05) is 12.1 Å². The average molecular weight is 273 g/mol. The van der Waals surface area contributed by atoms with Gasteiger partial charge in [0.1, 0.15) is 11.8 Å². The molecule has 0 spiro atoms. The largest absolute Gasteiger partial charge is 0.479 e. The smallest absolute Gasteiger partial charge is 0.220 e. The Balaban J connectivity index is 1.81. The van der Waals surface area contributed by atoms with E-state index in [1.54, 1.807) is 0 Å². The molecule has 0 aliphatic carbocycles. The minimum Gasteiger partial charge on any atom is -0.479 e. The van der Waals surface area contributed by atoms with E-state index in [9.17, 15) is 4.79 Å². The van der Waals surface area contributed by atoms with E-state index in [1.165, 1.54) is 0 Å². The van der Waals surface area contributed by atoms with Gasteiger partial charge in [0.2, 0.25) is 5.91 Å². The maximum atomic E-state index is 11.1. The molecule has 2 unspecified atom stereocenters. The Kier molecular flexibility index (Phi) is 4.97.